The molecule has 1 amide bonds. The van der Waals surface area contributed by atoms with Crippen molar-refractivity contribution in [2.45, 2.75) is 25.3 Å². The Kier molecular flexibility index (Phi) is 5.53. The summed E-state index contributed by atoms with van der Waals surface area (Å²) < 4.78 is 7.33. The highest BCUT2D eigenvalue weighted by atomic mass is 16.5. The van der Waals surface area contributed by atoms with Gasteiger partial charge in [0.25, 0.3) is 5.91 Å². The average molecular weight is 379 g/mol. The number of hydrogen-bond acceptors (Lipinski definition) is 4. The van der Waals surface area contributed by atoms with Crippen molar-refractivity contribution in [2.75, 3.05) is 26.8 Å². The predicted octanol–water partition coefficient (Wildman–Crippen LogP) is 2.94. The van der Waals surface area contributed by atoms with Crippen molar-refractivity contribution < 1.29 is 9.53 Å². The van der Waals surface area contributed by atoms with Crippen LogP contribution in [0.5, 0.6) is 0 Å². The van der Waals surface area contributed by atoms with Gasteiger partial charge in [0.05, 0.1) is 6.61 Å². The lowest BCUT2D eigenvalue weighted by molar-refractivity contribution is 0.0702. The van der Waals surface area contributed by atoms with E-state index in [2.05, 4.69) is 19.5 Å². The van der Waals surface area contributed by atoms with Gasteiger partial charge in [-0.25, -0.2) is 9.97 Å². The molecule has 0 radical (unpaired) electrons. The number of ether oxygens (including phenoxy) is 1. The van der Waals surface area contributed by atoms with Crippen LogP contribution in [0.15, 0.2) is 49.1 Å². The zero-order chi connectivity index (χ0) is 19.3. The molecule has 3 heterocycles. The van der Waals surface area contributed by atoms with Gasteiger partial charge in [0.2, 0.25) is 0 Å². The number of aromatic nitrogens is 4. The van der Waals surface area contributed by atoms with E-state index in [0.717, 1.165) is 43.1 Å². The number of hydrogen-bond donors (Lipinski definition) is 1. The highest BCUT2D eigenvalue weighted by Gasteiger charge is 2.28. The summed E-state index contributed by atoms with van der Waals surface area (Å²) in [6.07, 6.45) is 9.34. The molecule has 7 heteroatoms. The topological polar surface area (TPSA) is 76.0 Å². The fraction of sp³-hybridized carbons (Fsp3) is 0.381. The van der Waals surface area contributed by atoms with E-state index in [-0.39, 0.29) is 11.8 Å². The number of amides is 1. The van der Waals surface area contributed by atoms with Gasteiger partial charge in [-0.3, -0.25) is 4.79 Å². The van der Waals surface area contributed by atoms with Crippen molar-refractivity contribution in [1.29, 1.82) is 0 Å². The van der Waals surface area contributed by atoms with Crippen molar-refractivity contribution in [1.82, 2.24) is 24.4 Å². The van der Waals surface area contributed by atoms with E-state index in [1.807, 2.05) is 41.6 Å². The van der Waals surface area contributed by atoms with Gasteiger partial charge in [-0.05, 0) is 25.0 Å². The summed E-state index contributed by atoms with van der Waals surface area (Å²) in [6.45, 7) is 2.90. The number of aromatic amines is 1. The average Bonchev–Trinajstić information content (AvgIpc) is 3.44. The second kappa shape index (κ2) is 8.39. The van der Waals surface area contributed by atoms with Crippen molar-refractivity contribution >= 4 is 5.91 Å². The van der Waals surface area contributed by atoms with Crippen LogP contribution in [0, 0.1) is 0 Å². The van der Waals surface area contributed by atoms with E-state index < -0.39 is 0 Å². The molecule has 1 saturated heterocycles. The minimum absolute atomic E-state index is 0.0631. The predicted molar refractivity (Wildman–Crippen MR) is 106 cm³/mol. The van der Waals surface area contributed by atoms with Crippen LogP contribution in [0.3, 0.4) is 0 Å². The first kappa shape index (κ1) is 18.4. The van der Waals surface area contributed by atoms with E-state index >= 15 is 0 Å². The summed E-state index contributed by atoms with van der Waals surface area (Å²) in [6, 6.07) is 7.65. The molecule has 0 unspecified atom stereocenters. The number of piperidine rings is 1. The third kappa shape index (κ3) is 3.84. The van der Waals surface area contributed by atoms with Gasteiger partial charge in [0.15, 0.2) is 0 Å². The van der Waals surface area contributed by atoms with Crippen molar-refractivity contribution in [3.63, 3.8) is 0 Å². The van der Waals surface area contributed by atoms with Gasteiger partial charge in [-0.15, -0.1) is 0 Å². The van der Waals surface area contributed by atoms with E-state index in [1.54, 1.807) is 19.5 Å². The number of nitrogens with one attached hydrogen (secondary N) is 1. The lowest BCUT2D eigenvalue weighted by Crippen LogP contribution is -2.39. The lowest BCUT2D eigenvalue weighted by Gasteiger charge is -2.33. The Bertz CT molecular complexity index is 919. The molecule has 1 N–H and O–H groups in total. The Hall–Kier alpha value is -2.93. The van der Waals surface area contributed by atoms with Crippen molar-refractivity contribution in [3.05, 3.63) is 60.4 Å². The molecule has 0 spiro atoms. The summed E-state index contributed by atoms with van der Waals surface area (Å²) in [4.78, 5) is 27.0. The summed E-state index contributed by atoms with van der Waals surface area (Å²) in [5, 5.41) is 0. The Morgan fingerprint density at radius 1 is 1.32 bits per heavy atom. The molecule has 146 valence electrons. The minimum Gasteiger partial charge on any atom is -0.383 e. The van der Waals surface area contributed by atoms with Crippen molar-refractivity contribution in [3.8, 4) is 11.4 Å². The first-order valence-corrected chi connectivity index (χ1v) is 9.65. The van der Waals surface area contributed by atoms with Gasteiger partial charge in [0.1, 0.15) is 11.6 Å². The number of H-pyrrole nitrogens is 1. The number of carbonyl (C=O) groups is 1. The molecule has 1 atom stereocenters. The SMILES string of the molecule is COCCn1ccnc1[C@@H]1CCCN(C(=O)c2cccc(-c3ncc[nH]3)c2)C1. The molecule has 2 aromatic heterocycles. The number of methoxy groups -OCH3 is 1. The van der Waals surface area contributed by atoms with E-state index in [4.69, 9.17) is 4.74 Å². The largest absolute Gasteiger partial charge is 0.383 e. The number of carbonyl (C=O) groups excluding carboxylic acids is 1. The minimum atomic E-state index is 0.0631. The Balaban J connectivity index is 1.50. The van der Waals surface area contributed by atoms with Crippen LogP contribution in [0.4, 0.5) is 0 Å². The van der Waals surface area contributed by atoms with Gasteiger partial charge in [0, 0.05) is 68.6 Å². The Morgan fingerprint density at radius 2 is 2.25 bits per heavy atom. The van der Waals surface area contributed by atoms with Crippen LogP contribution in [-0.2, 0) is 11.3 Å². The molecule has 7 nitrogen and oxygen atoms in total. The molecule has 0 bridgehead atoms. The maximum Gasteiger partial charge on any atom is 0.253 e. The summed E-state index contributed by atoms with van der Waals surface area (Å²) >= 11 is 0. The molecule has 1 aliphatic heterocycles. The fourth-order valence-electron chi connectivity index (χ4n) is 3.84. The summed E-state index contributed by atoms with van der Waals surface area (Å²) in [5.74, 6) is 2.12. The maximum absolute atomic E-state index is 13.1. The summed E-state index contributed by atoms with van der Waals surface area (Å²) in [7, 11) is 1.70. The third-order valence-electron chi connectivity index (χ3n) is 5.24. The zero-order valence-electron chi connectivity index (χ0n) is 16.0. The van der Waals surface area contributed by atoms with Crippen LogP contribution in [0.25, 0.3) is 11.4 Å². The molecule has 1 aromatic carbocycles. The van der Waals surface area contributed by atoms with E-state index in [1.165, 1.54) is 0 Å². The molecule has 4 rings (SSSR count). The number of imidazole rings is 2. The second-order valence-corrected chi connectivity index (χ2v) is 7.08. The molecular weight excluding hydrogens is 354 g/mol. The maximum atomic E-state index is 13.1. The zero-order valence-corrected chi connectivity index (χ0v) is 16.0. The van der Waals surface area contributed by atoms with Gasteiger partial charge < -0.3 is 19.2 Å². The van der Waals surface area contributed by atoms with Crippen LogP contribution in [0.2, 0.25) is 0 Å². The molecule has 28 heavy (non-hydrogen) atoms. The number of likely N-dealkylation sites (tertiary alicyclic amines) is 1. The molecule has 1 aliphatic rings. The monoisotopic (exact) mass is 379 g/mol. The smallest absolute Gasteiger partial charge is 0.253 e. The van der Waals surface area contributed by atoms with Crippen molar-refractivity contribution in [2.24, 2.45) is 0 Å². The van der Waals surface area contributed by atoms with Crippen LogP contribution in [0.1, 0.15) is 34.9 Å². The van der Waals surface area contributed by atoms with E-state index in [0.29, 0.717) is 18.7 Å². The normalized spacial score (nSPS) is 17.0. The highest BCUT2D eigenvalue weighted by Crippen LogP contribution is 2.27. The van der Waals surface area contributed by atoms with Crippen LogP contribution in [-0.4, -0.2) is 57.1 Å². The lowest BCUT2D eigenvalue weighted by atomic mass is 9.96. The molecule has 0 aliphatic carbocycles. The molecule has 0 saturated carbocycles. The quantitative estimate of drug-likeness (QED) is 0.714. The number of rotatable bonds is 6. The number of nitrogens with zero attached hydrogens (tertiary/aromatic N) is 4. The molecule has 3 aromatic rings. The summed E-state index contributed by atoms with van der Waals surface area (Å²) in [5.41, 5.74) is 1.61. The van der Waals surface area contributed by atoms with Gasteiger partial charge in [-0.2, -0.15) is 0 Å². The molecular formula is C21H25N5O2. The Morgan fingerprint density at radius 3 is 3.07 bits per heavy atom. The Labute approximate surface area is 164 Å². The standard InChI is InChI=1S/C21H25N5O2/c1-28-13-12-25-11-9-24-20(25)18-6-3-10-26(15-18)21(27)17-5-2-4-16(14-17)19-22-7-8-23-19/h2,4-5,7-9,11,14,18H,3,6,10,12-13,15H2,1H3,(H,22,23)/t18-/m1/s1. The van der Waals surface area contributed by atoms with Gasteiger partial charge >= 0.3 is 0 Å². The van der Waals surface area contributed by atoms with Crippen LogP contribution >= 0.6 is 0 Å². The fourth-order valence-corrected chi connectivity index (χ4v) is 3.84. The molecule has 1 fully saturated rings. The first-order chi connectivity index (χ1) is 13.8. The van der Waals surface area contributed by atoms with Crippen LogP contribution < -0.4 is 0 Å². The first-order valence-electron chi connectivity index (χ1n) is 9.65. The third-order valence-corrected chi connectivity index (χ3v) is 5.24. The number of benzene rings is 1. The second-order valence-electron chi connectivity index (χ2n) is 7.08. The van der Waals surface area contributed by atoms with Gasteiger partial charge in [-0.1, -0.05) is 12.1 Å². The highest BCUT2D eigenvalue weighted by molar-refractivity contribution is 5.95. The van der Waals surface area contributed by atoms with E-state index in [9.17, 15) is 4.79 Å².